The van der Waals surface area contributed by atoms with Gasteiger partial charge in [-0.15, -0.1) is 11.8 Å². The van der Waals surface area contributed by atoms with Crippen molar-refractivity contribution in [3.8, 4) is 0 Å². The molecule has 18 heavy (non-hydrogen) atoms. The second-order valence-electron chi connectivity index (χ2n) is 4.77. The number of aliphatic carboxylic acids is 1. The Balaban J connectivity index is 2.04. The van der Waals surface area contributed by atoms with Crippen molar-refractivity contribution in [1.29, 1.82) is 0 Å². The largest absolute Gasteiger partial charge is 0.480 e. The zero-order valence-corrected chi connectivity index (χ0v) is 11.4. The molecule has 2 aliphatic heterocycles. The Morgan fingerprint density at radius 1 is 1.28 bits per heavy atom. The average Bonchev–Trinajstić information content (AvgIpc) is 2.75. The maximum Gasteiger partial charge on any atom is 0.327 e. The molecule has 2 fully saturated rings. The van der Waals surface area contributed by atoms with E-state index in [1.807, 2.05) is 13.8 Å². The van der Waals surface area contributed by atoms with Crippen LogP contribution in [-0.2, 0) is 9.53 Å². The van der Waals surface area contributed by atoms with E-state index < -0.39 is 12.0 Å². The molecule has 1 N–H and O–H groups in total. The summed E-state index contributed by atoms with van der Waals surface area (Å²) in [6.45, 7) is 4.89. The predicted octanol–water partition coefficient (Wildman–Crippen LogP) is 0.675. The number of ether oxygens (including phenoxy) is 1. The normalized spacial score (nSPS) is 32.7. The molecule has 0 aromatic heterocycles. The molecular formula is C11H18N2O4S. The average molecular weight is 274 g/mol. The lowest BCUT2D eigenvalue weighted by Gasteiger charge is -2.37. The van der Waals surface area contributed by atoms with E-state index >= 15 is 0 Å². The fourth-order valence-electron chi connectivity index (χ4n) is 2.35. The fourth-order valence-corrected chi connectivity index (χ4v) is 3.49. The Hall–Kier alpha value is -0.950. The lowest BCUT2D eigenvalue weighted by Crippen LogP contribution is -2.55. The summed E-state index contributed by atoms with van der Waals surface area (Å²) in [5.74, 6) is -0.00499. The number of carboxylic acid groups (broad SMARTS) is 1. The van der Waals surface area contributed by atoms with Crippen LogP contribution in [0, 0.1) is 0 Å². The second-order valence-corrected chi connectivity index (χ2v) is 5.77. The summed E-state index contributed by atoms with van der Waals surface area (Å²) < 4.78 is 5.57. The van der Waals surface area contributed by atoms with Crippen molar-refractivity contribution in [1.82, 2.24) is 9.80 Å². The van der Waals surface area contributed by atoms with Gasteiger partial charge in [-0.2, -0.15) is 0 Å². The van der Waals surface area contributed by atoms with Gasteiger partial charge in [0.25, 0.3) is 0 Å². The summed E-state index contributed by atoms with van der Waals surface area (Å²) in [7, 11) is 0. The van der Waals surface area contributed by atoms with Crippen LogP contribution in [0.2, 0.25) is 0 Å². The van der Waals surface area contributed by atoms with Gasteiger partial charge in [0.15, 0.2) is 0 Å². The van der Waals surface area contributed by atoms with Crippen LogP contribution < -0.4 is 0 Å². The maximum absolute atomic E-state index is 12.3. The van der Waals surface area contributed by atoms with Crippen molar-refractivity contribution in [2.45, 2.75) is 32.1 Å². The van der Waals surface area contributed by atoms with Crippen LogP contribution in [0.3, 0.4) is 0 Å². The molecule has 0 radical (unpaired) electrons. The highest BCUT2D eigenvalue weighted by atomic mass is 32.2. The molecule has 2 heterocycles. The molecule has 0 aliphatic carbocycles. The molecule has 7 heteroatoms. The van der Waals surface area contributed by atoms with Crippen LogP contribution >= 0.6 is 11.8 Å². The van der Waals surface area contributed by atoms with Crippen LogP contribution in [-0.4, -0.2) is 69.9 Å². The molecule has 2 amide bonds. The number of hydrogen-bond donors (Lipinski definition) is 1. The van der Waals surface area contributed by atoms with Crippen molar-refractivity contribution in [3.05, 3.63) is 0 Å². The molecule has 2 saturated heterocycles. The van der Waals surface area contributed by atoms with Gasteiger partial charge in [0.2, 0.25) is 0 Å². The smallest absolute Gasteiger partial charge is 0.327 e. The number of urea groups is 1. The summed E-state index contributed by atoms with van der Waals surface area (Å²) >= 11 is 1.48. The van der Waals surface area contributed by atoms with Gasteiger partial charge < -0.3 is 19.6 Å². The van der Waals surface area contributed by atoms with E-state index in [4.69, 9.17) is 9.84 Å². The molecule has 0 aromatic carbocycles. The summed E-state index contributed by atoms with van der Waals surface area (Å²) in [5, 5.41) is 9.08. The monoisotopic (exact) mass is 274 g/mol. The van der Waals surface area contributed by atoms with Crippen molar-refractivity contribution in [3.63, 3.8) is 0 Å². The van der Waals surface area contributed by atoms with Gasteiger partial charge in [-0.3, -0.25) is 0 Å². The van der Waals surface area contributed by atoms with Gasteiger partial charge in [-0.25, -0.2) is 9.59 Å². The number of nitrogens with zero attached hydrogens (tertiary/aromatic N) is 2. The van der Waals surface area contributed by atoms with Crippen LogP contribution in [0.5, 0.6) is 0 Å². The molecule has 2 rings (SSSR count). The summed E-state index contributed by atoms with van der Waals surface area (Å²) in [6, 6.07) is -0.884. The number of carbonyl (C=O) groups excluding carboxylic acids is 1. The first-order valence-corrected chi connectivity index (χ1v) is 7.16. The first-order valence-electron chi connectivity index (χ1n) is 6.00. The Bertz CT molecular complexity index is 342. The highest BCUT2D eigenvalue weighted by Gasteiger charge is 2.38. The molecule has 0 bridgehead atoms. The quantitative estimate of drug-likeness (QED) is 0.761. The zero-order chi connectivity index (χ0) is 13.3. The minimum atomic E-state index is -0.928. The molecule has 0 spiro atoms. The van der Waals surface area contributed by atoms with E-state index in [-0.39, 0.29) is 18.2 Å². The molecule has 0 aromatic rings. The number of carbonyl (C=O) groups is 2. The molecule has 3 atom stereocenters. The van der Waals surface area contributed by atoms with Gasteiger partial charge in [0.05, 0.1) is 18.1 Å². The van der Waals surface area contributed by atoms with E-state index in [0.717, 1.165) is 0 Å². The molecule has 2 aliphatic rings. The Morgan fingerprint density at radius 3 is 2.44 bits per heavy atom. The molecule has 102 valence electrons. The van der Waals surface area contributed by atoms with Gasteiger partial charge in [-0.05, 0) is 13.8 Å². The first-order chi connectivity index (χ1) is 8.49. The standard InChI is InChI=1S/C11H18N2O4S/c1-7-3-12(4-8(2)17-7)11(16)13-6-18-5-9(13)10(14)15/h7-9H,3-6H2,1-2H3,(H,14,15)/t7?,8?,9-/m0/s1. The number of carboxylic acids is 1. The highest BCUT2D eigenvalue weighted by molar-refractivity contribution is 7.99. The fraction of sp³-hybridized carbons (Fsp3) is 0.818. The lowest BCUT2D eigenvalue weighted by molar-refractivity contribution is -0.141. The van der Waals surface area contributed by atoms with Gasteiger partial charge in [0.1, 0.15) is 6.04 Å². The molecule has 0 saturated carbocycles. The van der Waals surface area contributed by atoms with E-state index in [1.54, 1.807) is 4.90 Å². The number of amides is 2. The number of rotatable bonds is 1. The van der Waals surface area contributed by atoms with Crippen LogP contribution in [0.4, 0.5) is 4.79 Å². The first kappa shape index (κ1) is 13.5. The van der Waals surface area contributed by atoms with E-state index in [0.29, 0.717) is 24.7 Å². The lowest BCUT2D eigenvalue weighted by atomic mass is 10.2. The molecule has 2 unspecified atom stereocenters. The Labute approximate surface area is 110 Å². The van der Waals surface area contributed by atoms with Gasteiger partial charge in [0, 0.05) is 18.8 Å². The van der Waals surface area contributed by atoms with Crippen LogP contribution in [0.15, 0.2) is 0 Å². The number of hydrogen-bond acceptors (Lipinski definition) is 4. The minimum Gasteiger partial charge on any atom is -0.480 e. The summed E-state index contributed by atoms with van der Waals surface area (Å²) in [4.78, 5) is 26.5. The summed E-state index contributed by atoms with van der Waals surface area (Å²) in [5.41, 5.74) is 0. The topological polar surface area (TPSA) is 70.1 Å². The molecule has 6 nitrogen and oxygen atoms in total. The van der Waals surface area contributed by atoms with Crippen LogP contribution in [0.25, 0.3) is 0 Å². The molecular weight excluding hydrogens is 256 g/mol. The van der Waals surface area contributed by atoms with Crippen LogP contribution in [0.1, 0.15) is 13.8 Å². The third-order valence-corrected chi connectivity index (χ3v) is 4.12. The van der Waals surface area contributed by atoms with Crippen molar-refractivity contribution < 1.29 is 19.4 Å². The summed E-state index contributed by atoms with van der Waals surface area (Å²) in [6.07, 6.45) is -0.00697. The maximum atomic E-state index is 12.3. The second kappa shape index (κ2) is 5.36. The number of thioether (sulfide) groups is 1. The zero-order valence-electron chi connectivity index (χ0n) is 10.5. The predicted molar refractivity (Wildman–Crippen MR) is 67.6 cm³/mol. The Morgan fingerprint density at radius 2 is 1.89 bits per heavy atom. The van der Waals surface area contributed by atoms with E-state index in [2.05, 4.69) is 0 Å². The Kier molecular flexibility index (Phi) is 4.01. The van der Waals surface area contributed by atoms with E-state index in [1.165, 1.54) is 16.7 Å². The van der Waals surface area contributed by atoms with Gasteiger partial charge >= 0.3 is 12.0 Å². The van der Waals surface area contributed by atoms with Crippen molar-refractivity contribution in [2.75, 3.05) is 24.7 Å². The van der Waals surface area contributed by atoms with Gasteiger partial charge in [-0.1, -0.05) is 0 Å². The highest BCUT2D eigenvalue weighted by Crippen LogP contribution is 2.24. The van der Waals surface area contributed by atoms with Crippen molar-refractivity contribution in [2.24, 2.45) is 0 Å². The minimum absolute atomic E-state index is 0.00349. The van der Waals surface area contributed by atoms with E-state index in [9.17, 15) is 9.59 Å². The SMILES string of the molecule is CC1CN(C(=O)N2CSC[C@H]2C(=O)O)CC(C)O1. The van der Waals surface area contributed by atoms with Crippen molar-refractivity contribution >= 4 is 23.8 Å². The number of morpholine rings is 1. The third-order valence-electron chi connectivity index (χ3n) is 3.10. The third kappa shape index (κ3) is 2.72.